The number of unbranched alkanes of at least 4 members (excludes halogenated alkanes) is 1. The lowest BCUT2D eigenvalue weighted by atomic mass is 10.2. The molecule has 0 fully saturated rings. The highest BCUT2D eigenvalue weighted by molar-refractivity contribution is 5.75. The van der Waals surface area contributed by atoms with E-state index < -0.39 is 0 Å². The molecule has 68 valence electrons. The van der Waals surface area contributed by atoms with Crippen molar-refractivity contribution in [2.45, 2.75) is 33.1 Å². The van der Waals surface area contributed by atoms with E-state index in [0.29, 0.717) is 13.0 Å². The van der Waals surface area contributed by atoms with Gasteiger partial charge in [-0.15, -0.1) is 0 Å². The van der Waals surface area contributed by atoms with Crippen LogP contribution >= 0.6 is 0 Å². The third kappa shape index (κ3) is 5.72. The van der Waals surface area contributed by atoms with Gasteiger partial charge in [-0.25, -0.2) is 0 Å². The van der Waals surface area contributed by atoms with E-state index >= 15 is 0 Å². The van der Waals surface area contributed by atoms with Gasteiger partial charge in [0.25, 0.3) is 0 Å². The maximum atomic E-state index is 11.0. The smallest absolute Gasteiger partial charge is 0.220 e. The lowest BCUT2D eigenvalue weighted by molar-refractivity contribution is -0.121. The van der Waals surface area contributed by atoms with Crippen molar-refractivity contribution in [2.24, 2.45) is 5.92 Å². The van der Waals surface area contributed by atoms with Crippen molar-refractivity contribution in [3.05, 3.63) is 0 Å². The minimum Gasteiger partial charge on any atom is -0.355 e. The van der Waals surface area contributed by atoms with Crippen molar-refractivity contribution < 1.29 is 4.79 Å². The monoisotopic (exact) mass is 168 g/mol. The van der Waals surface area contributed by atoms with Crippen LogP contribution in [-0.4, -0.2) is 12.5 Å². The van der Waals surface area contributed by atoms with E-state index in [2.05, 4.69) is 11.4 Å². The number of carbonyl (C=O) groups is 1. The maximum absolute atomic E-state index is 11.0. The third-order valence-electron chi connectivity index (χ3n) is 1.58. The predicted molar refractivity (Wildman–Crippen MR) is 47.3 cm³/mol. The van der Waals surface area contributed by atoms with Crippen LogP contribution in [0.1, 0.15) is 33.1 Å². The first-order valence-electron chi connectivity index (χ1n) is 4.37. The Hall–Kier alpha value is -1.04. The molecular weight excluding hydrogens is 152 g/mol. The van der Waals surface area contributed by atoms with Crippen LogP contribution in [0.15, 0.2) is 0 Å². The summed E-state index contributed by atoms with van der Waals surface area (Å²) in [7, 11) is 0. The average Bonchev–Trinajstić information content (AvgIpc) is 2.10. The Morgan fingerprint density at radius 2 is 2.33 bits per heavy atom. The Morgan fingerprint density at radius 1 is 1.67 bits per heavy atom. The zero-order valence-electron chi connectivity index (χ0n) is 7.76. The summed E-state index contributed by atoms with van der Waals surface area (Å²) in [5, 5.41) is 11.1. The molecule has 0 bridgehead atoms. The number of nitriles is 1. The molecular formula is C9H16N2O. The van der Waals surface area contributed by atoms with Crippen LogP contribution in [0.2, 0.25) is 0 Å². The summed E-state index contributed by atoms with van der Waals surface area (Å²) in [4.78, 5) is 11.0. The molecule has 1 amide bonds. The molecule has 0 heterocycles. The molecule has 0 radical (unpaired) electrons. The summed E-state index contributed by atoms with van der Waals surface area (Å²) in [6, 6.07) is 2.06. The van der Waals surface area contributed by atoms with Crippen molar-refractivity contribution in [3.63, 3.8) is 0 Å². The van der Waals surface area contributed by atoms with Crippen LogP contribution in [0.5, 0.6) is 0 Å². The van der Waals surface area contributed by atoms with Crippen LogP contribution in [0.25, 0.3) is 0 Å². The van der Waals surface area contributed by atoms with Crippen molar-refractivity contribution in [2.75, 3.05) is 6.54 Å². The number of hydrogen-bond donors (Lipinski definition) is 1. The number of hydrogen-bond acceptors (Lipinski definition) is 2. The molecule has 0 rings (SSSR count). The van der Waals surface area contributed by atoms with Gasteiger partial charge in [0.15, 0.2) is 0 Å². The van der Waals surface area contributed by atoms with E-state index in [4.69, 9.17) is 5.26 Å². The SMILES string of the molecule is CCCCC(=O)NCC(C)C#N. The van der Waals surface area contributed by atoms with Crippen molar-refractivity contribution in [1.29, 1.82) is 5.26 Å². The van der Waals surface area contributed by atoms with Crippen molar-refractivity contribution in [3.8, 4) is 6.07 Å². The van der Waals surface area contributed by atoms with Crippen LogP contribution in [-0.2, 0) is 4.79 Å². The minimum atomic E-state index is -0.0874. The van der Waals surface area contributed by atoms with Gasteiger partial charge in [0.05, 0.1) is 12.0 Å². The molecule has 0 aliphatic carbocycles. The van der Waals surface area contributed by atoms with Gasteiger partial charge < -0.3 is 5.32 Å². The lowest BCUT2D eigenvalue weighted by Gasteiger charge is -2.04. The molecule has 0 aromatic rings. The van der Waals surface area contributed by atoms with E-state index in [1.165, 1.54) is 0 Å². The van der Waals surface area contributed by atoms with Crippen molar-refractivity contribution >= 4 is 5.91 Å². The van der Waals surface area contributed by atoms with Crippen LogP contribution in [0, 0.1) is 17.2 Å². The van der Waals surface area contributed by atoms with E-state index in [-0.39, 0.29) is 11.8 Å². The number of rotatable bonds is 5. The number of nitrogens with zero attached hydrogens (tertiary/aromatic N) is 1. The zero-order chi connectivity index (χ0) is 9.40. The normalized spacial score (nSPS) is 11.8. The Bertz CT molecular complexity index is 172. The second-order valence-electron chi connectivity index (χ2n) is 2.94. The molecule has 3 heteroatoms. The number of amides is 1. The Kier molecular flexibility index (Phi) is 6.08. The van der Waals surface area contributed by atoms with E-state index in [0.717, 1.165) is 12.8 Å². The molecule has 0 aliphatic rings. The highest BCUT2D eigenvalue weighted by atomic mass is 16.1. The molecule has 0 saturated carbocycles. The minimum absolute atomic E-state index is 0.0546. The molecule has 0 aliphatic heterocycles. The topological polar surface area (TPSA) is 52.9 Å². The summed E-state index contributed by atoms with van der Waals surface area (Å²) >= 11 is 0. The second-order valence-corrected chi connectivity index (χ2v) is 2.94. The van der Waals surface area contributed by atoms with Crippen molar-refractivity contribution in [1.82, 2.24) is 5.32 Å². The van der Waals surface area contributed by atoms with Gasteiger partial charge in [-0.1, -0.05) is 13.3 Å². The molecule has 3 nitrogen and oxygen atoms in total. The molecule has 0 spiro atoms. The van der Waals surface area contributed by atoms with Gasteiger partial charge >= 0.3 is 0 Å². The second kappa shape index (κ2) is 6.66. The summed E-state index contributed by atoms with van der Waals surface area (Å²) in [5.74, 6) is -0.0328. The van der Waals surface area contributed by atoms with Gasteiger partial charge in [-0.2, -0.15) is 5.26 Å². The third-order valence-corrected chi connectivity index (χ3v) is 1.58. The molecule has 1 N–H and O–H groups in total. The largest absolute Gasteiger partial charge is 0.355 e. The van der Waals surface area contributed by atoms with Gasteiger partial charge in [-0.3, -0.25) is 4.79 Å². The van der Waals surface area contributed by atoms with E-state index in [1.54, 1.807) is 6.92 Å². The fourth-order valence-corrected chi connectivity index (χ4v) is 0.738. The first-order valence-corrected chi connectivity index (χ1v) is 4.37. The summed E-state index contributed by atoms with van der Waals surface area (Å²) in [5.41, 5.74) is 0. The molecule has 0 saturated heterocycles. The van der Waals surface area contributed by atoms with Gasteiger partial charge in [0.1, 0.15) is 0 Å². The Morgan fingerprint density at radius 3 is 2.83 bits per heavy atom. The van der Waals surface area contributed by atoms with Crippen LogP contribution in [0.4, 0.5) is 0 Å². The standard InChI is InChI=1S/C9H16N2O/c1-3-4-5-9(12)11-7-8(2)6-10/h8H,3-5,7H2,1-2H3,(H,11,12). The van der Waals surface area contributed by atoms with Crippen LogP contribution < -0.4 is 5.32 Å². The van der Waals surface area contributed by atoms with Gasteiger partial charge in [0, 0.05) is 13.0 Å². The average molecular weight is 168 g/mol. The first kappa shape index (κ1) is 11.0. The molecule has 12 heavy (non-hydrogen) atoms. The quantitative estimate of drug-likeness (QED) is 0.675. The molecule has 1 unspecified atom stereocenters. The number of carbonyl (C=O) groups excluding carboxylic acids is 1. The summed E-state index contributed by atoms with van der Waals surface area (Å²) in [6.07, 6.45) is 2.53. The van der Waals surface area contributed by atoms with Gasteiger partial charge in [0.2, 0.25) is 5.91 Å². The first-order chi connectivity index (χ1) is 5.70. The zero-order valence-corrected chi connectivity index (χ0v) is 7.76. The highest BCUT2D eigenvalue weighted by Gasteiger charge is 2.02. The Balaban J connectivity index is 3.39. The summed E-state index contributed by atoms with van der Waals surface area (Å²) < 4.78 is 0. The van der Waals surface area contributed by atoms with Crippen LogP contribution in [0.3, 0.4) is 0 Å². The summed E-state index contributed by atoms with van der Waals surface area (Å²) in [6.45, 7) is 4.31. The van der Waals surface area contributed by atoms with E-state index in [1.807, 2.05) is 6.92 Å². The Labute approximate surface area is 73.8 Å². The van der Waals surface area contributed by atoms with Gasteiger partial charge in [-0.05, 0) is 13.3 Å². The molecule has 0 aromatic carbocycles. The molecule has 1 atom stereocenters. The van der Waals surface area contributed by atoms with E-state index in [9.17, 15) is 4.79 Å². The predicted octanol–water partition coefficient (Wildman–Crippen LogP) is 1.45. The fourth-order valence-electron chi connectivity index (χ4n) is 0.738. The number of nitrogens with one attached hydrogen (secondary N) is 1. The highest BCUT2D eigenvalue weighted by Crippen LogP contribution is 1.94. The molecule has 0 aromatic heterocycles. The maximum Gasteiger partial charge on any atom is 0.220 e. The lowest BCUT2D eigenvalue weighted by Crippen LogP contribution is -2.27. The fraction of sp³-hybridized carbons (Fsp3) is 0.778.